The number of aliphatic hydroxyl groups is 1. The highest BCUT2D eigenvalue weighted by Gasteiger charge is 2.27. The number of benzene rings is 1. The normalized spacial score (nSPS) is 14.8. The van der Waals surface area contributed by atoms with Crippen LogP contribution in [0.2, 0.25) is 0 Å². The van der Waals surface area contributed by atoms with Crippen LogP contribution in [0.5, 0.6) is 5.75 Å². The Bertz CT molecular complexity index is 359. The molecule has 0 heterocycles. The summed E-state index contributed by atoms with van der Waals surface area (Å²) in [6, 6.07) is 3.93. The van der Waals surface area contributed by atoms with E-state index in [0.29, 0.717) is 5.75 Å². The van der Waals surface area contributed by atoms with Crippen LogP contribution in [0.1, 0.15) is 23.6 Å². The van der Waals surface area contributed by atoms with Gasteiger partial charge in [0, 0.05) is 12.1 Å². The molecule has 0 aliphatic carbocycles. The fraction of sp³-hybridized carbons (Fsp3) is 0.500. The molecule has 84 valence electrons. The van der Waals surface area contributed by atoms with E-state index in [0.717, 1.165) is 16.7 Å². The minimum absolute atomic E-state index is 0.174. The van der Waals surface area contributed by atoms with Crippen molar-refractivity contribution in [3.8, 4) is 5.75 Å². The molecular weight excluding hydrogens is 190 g/mol. The number of rotatable bonds is 3. The van der Waals surface area contributed by atoms with Gasteiger partial charge >= 0.3 is 0 Å². The number of aryl methyl sites for hydroxylation is 2. The largest absolute Gasteiger partial charge is 0.496 e. The summed E-state index contributed by atoms with van der Waals surface area (Å²) in [5, 5.41) is 10.2. The van der Waals surface area contributed by atoms with Crippen LogP contribution in [0.4, 0.5) is 0 Å². The van der Waals surface area contributed by atoms with Gasteiger partial charge in [-0.15, -0.1) is 0 Å². The predicted molar refractivity (Wildman–Crippen MR) is 61.1 cm³/mol. The first kappa shape index (κ1) is 12.0. The van der Waals surface area contributed by atoms with Gasteiger partial charge in [-0.3, -0.25) is 0 Å². The van der Waals surface area contributed by atoms with Crippen LogP contribution in [-0.2, 0) is 5.60 Å². The first-order chi connectivity index (χ1) is 6.92. The van der Waals surface area contributed by atoms with Crippen LogP contribution < -0.4 is 10.5 Å². The van der Waals surface area contributed by atoms with E-state index in [9.17, 15) is 5.11 Å². The average Bonchev–Trinajstić information content (AvgIpc) is 2.15. The fourth-order valence-corrected chi connectivity index (χ4v) is 1.88. The van der Waals surface area contributed by atoms with Gasteiger partial charge in [0.2, 0.25) is 0 Å². The second-order valence-electron chi connectivity index (χ2n) is 4.14. The van der Waals surface area contributed by atoms with Crippen molar-refractivity contribution in [1.29, 1.82) is 0 Å². The molecule has 3 heteroatoms. The van der Waals surface area contributed by atoms with E-state index >= 15 is 0 Å². The molecule has 1 aromatic rings. The van der Waals surface area contributed by atoms with E-state index in [2.05, 4.69) is 0 Å². The van der Waals surface area contributed by atoms with Crippen LogP contribution in [0, 0.1) is 13.8 Å². The summed E-state index contributed by atoms with van der Waals surface area (Å²) in [6.07, 6.45) is 0. The van der Waals surface area contributed by atoms with Gasteiger partial charge in [-0.2, -0.15) is 0 Å². The molecule has 3 nitrogen and oxygen atoms in total. The minimum Gasteiger partial charge on any atom is -0.496 e. The summed E-state index contributed by atoms with van der Waals surface area (Å²) < 4.78 is 5.28. The molecule has 0 aromatic heterocycles. The van der Waals surface area contributed by atoms with E-state index in [4.69, 9.17) is 10.5 Å². The zero-order chi connectivity index (χ0) is 11.6. The zero-order valence-corrected chi connectivity index (χ0v) is 9.79. The van der Waals surface area contributed by atoms with E-state index in [1.165, 1.54) is 0 Å². The van der Waals surface area contributed by atoms with E-state index < -0.39 is 5.60 Å². The Kier molecular flexibility index (Phi) is 3.37. The summed E-state index contributed by atoms with van der Waals surface area (Å²) in [5.74, 6) is 0.697. The van der Waals surface area contributed by atoms with Crippen LogP contribution in [-0.4, -0.2) is 18.8 Å². The van der Waals surface area contributed by atoms with E-state index in [-0.39, 0.29) is 6.54 Å². The number of ether oxygens (including phenoxy) is 1. The van der Waals surface area contributed by atoms with Crippen molar-refractivity contribution < 1.29 is 9.84 Å². The topological polar surface area (TPSA) is 55.5 Å². The van der Waals surface area contributed by atoms with Crippen LogP contribution in [0.15, 0.2) is 12.1 Å². The first-order valence-corrected chi connectivity index (χ1v) is 5.00. The van der Waals surface area contributed by atoms with Crippen molar-refractivity contribution in [3.63, 3.8) is 0 Å². The van der Waals surface area contributed by atoms with Crippen molar-refractivity contribution in [2.45, 2.75) is 26.4 Å². The third-order valence-electron chi connectivity index (χ3n) is 2.60. The molecule has 1 unspecified atom stereocenters. The number of hydrogen-bond donors (Lipinski definition) is 2. The Morgan fingerprint density at radius 1 is 1.40 bits per heavy atom. The summed E-state index contributed by atoms with van der Waals surface area (Å²) in [6.45, 7) is 5.83. The number of methoxy groups -OCH3 is 1. The van der Waals surface area contributed by atoms with Gasteiger partial charge in [0.05, 0.1) is 7.11 Å². The minimum atomic E-state index is -1.04. The molecule has 0 saturated heterocycles. The lowest BCUT2D eigenvalue weighted by atomic mass is 9.90. The highest BCUT2D eigenvalue weighted by molar-refractivity contribution is 5.46. The molecule has 0 amide bonds. The lowest BCUT2D eigenvalue weighted by Gasteiger charge is -2.26. The summed E-state index contributed by atoms with van der Waals surface area (Å²) in [4.78, 5) is 0. The lowest BCUT2D eigenvalue weighted by molar-refractivity contribution is 0.0634. The number of hydrogen-bond acceptors (Lipinski definition) is 3. The smallest absolute Gasteiger partial charge is 0.125 e. The van der Waals surface area contributed by atoms with Gasteiger partial charge in [0.15, 0.2) is 0 Å². The van der Waals surface area contributed by atoms with Gasteiger partial charge in [0.1, 0.15) is 11.4 Å². The molecule has 0 fully saturated rings. The quantitative estimate of drug-likeness (QED) is 0.792. The molecule has 1 atom stereocenters. The molecule has 0 aliphatic heterocycles. The molecule has 3 N–H and O–H groups in total. The van der Waals surface area contributed by atoms with E-state index in [1.54, 1.807) is 14.0 Å². The molecule has 0 radical (unpaired) electrons. The second-order valence-corrected chi connectivity index (χ2v) is 4.14. The number of nitrogens with two attached hydrogens (primary N) is 1. The molecule has 15 heavy (non-hydrogen) atoms. The third kappa shape index (κ3) is 2.30. The fourth-order valence-electron chi connectivity index (χ4n) is 1.88. The summed E-state index contributed by atoms with van der Waals surface area (Å²) >= 11 is 0. The molecular formula is C12H19NO2. The van der Waals surface area contributed by atoms with E-state index in [1.807, 2.05) is 26.0 Å². The van der Waals surface area contributed by atoms with Crippen molar-refractivity contribution in [1.82, 2.24) is 0 Å². The molecule has 0 bridgehead atoms. The molecule has 1 aromatic carbocycles. The Morgan fingerprint density at radius 2 is 2.00 bits per heavy atom. The maximum atomic E-state index is 10.2. The Hall–Kier alpha value is -1.06. The van der Waals surface area contributed by atoms with Crippen LogP contribution >= 0.6 is 0 Å². The summed E-state index contributed by atoms with van der Waals surface area (Å²) in [5.41, 5.74) is 7.41. The summed E-state index contributed by atoms with van der Waals surface area (Å²) in [7, 11) is 1.60. The SMILES string of the molecule is COc1cc(C)cc(C)c1C(C)(O)CN. The Labute approximate surface area is 90.9 Å². The Morgan fingerprint density at radius 3 is 2.47 bits per heavy atom. The highest BCUT2D eigenvalue weighted by Crippen LogP contribution is 2.33. The van der Waals surface area contributed by atoms with Crippen molar-refractivity contribution in [2.24, 2.45) is 5.73 Å². The van der Waals surface area contributed by atoms with Crippen molar-refractivity contribution in [2.75, 3.05) is 13.7 Å². The standard InChI is InChI=1S/C12H19NO2/c1-8-5-9(2)11(10(6-8)15-4)12(3,14)7-13/h5-6,14H,7,13H2,1-4H3. The first-order valence-electron chi connectivity index (χ1n) is 5.00. The third-order valence-corrected chi connectivity index (χ3v) is 2.60. The second kappa shape index (κ2) is 4.21. The van der Waals surface area contributed by atoms with Gasteiger partial charge in [-0.1, -0.05) is 6.07 Å². The van der Waals surface area contributed by atoms with Gasteiger partial charge in [-0.05, 0) is 38.0 Å². The van der Waals surface area contributed by atoms with Crippen molar-refractivity contribution in [3.05, 3.63) is 28.8 Å². The lowest BCUT2D eigenvalue weighted by Crippen LogP contribution is -2.32. The molecule has 0 aliphatic rings. The average molecular weight is 209 g/mol. The Balaban J connectivity index is 3.39. The maximum absolute atomic E-state index is 10.2. The van der Waals surface area contributed by atoms with Gasteiger partial charge < -0.3 is 15.6 Å². The molecule has 0 spiro atoms. The maximum Gasteiger partial charge on any atom is 0.125 e. The van der Waals surface area contributed by atoms with Gasteiger partial charge in [-0.25, -0.2) is 0 Å². The zero-order valence-electron chi connectivity index (χ0n) is 9.79. The van der Waals surface area contributed by atoms with Crippen molar-refractivity contribution >= 4 is 0 Å². The molecule has 1 rings (SSSR count). The molecule has 0 saturated carbocycles. The van der Waals surface area contributed by atoms with Crippen LogP contribution in [0.25, 0.3) is 0 Å². The van der Waals surface area contributed by atoms with Crippen LogP contribution in [0.3, 0.4) is 0 Å². The highest BCUT2D eigenvalue weighted by atomic mass is 16.5. The van der Waals surface area contributed by atoms with Gasteiger partial charge in [0.25, 0.3) is 0 Å². The predicted octanol–water partition coefficient (Wildman–Crippen LogP) is 1.48. The monoisotopic (exact) mass is 209 g/mol.